The van der Waals surface area contributed by atoms with Gasteiger partial charge in [0.1, 0.15) is 11.4 Å². The number of fused-ring (bicyclic) bond motifs is 1. The van der Waals surface area contributed by atoms with E-state index in [2.05, 4.69) is 15.4 Å². The Balaban J connectivity index is 1.81. The molecule has 2 N–H and O–H groups in total. The number of hydrogen-bond donors (Lipinski definition) is 2. The molecule has 0 radical (unpaired) electrons. The molecule has 0 unspecified atom stereocenters. The minimum absolute atomic E-state index is 0.0333. The number of sulfone groups is 1. The number of carbonyl (C=O) groups excluding carboxylic acids is 1. The molecule has 0 fully saturated rings. The monoisotopic (exact) mass is 456 g/mol. The minimum atomic E-state index is -4.17. The van der Waals surface area contributed by atoms with Crippen LogP contribution in [0, 0.1) is 0 Å². The summed E-state index contributed by atoms with van der Waals surface area (Å²) < 4.78 is 46.4. The molecule has 0 saturated heterocycles. The van der Waals surface area contributed by atoms with Gasteiger partial charge in [-0.05, 0) is 24.3 Å². The summed E-state index contributed by atoms with van der Waals surface area (Å²) in [5.74, 6) is -0.567. The fourth-order valence-corrected chi connectivity index (χ4v) is 4.98. The number of aromatic amines is 1. The van der Waals surface area contributed by atoms with Crippen LogP contribution in [0.1, 0.15) is 16.2 Å². The number of para-hydroxylation sites is 1. The van der Waals surface area contributed by atoms with Crippen LogP contribution in [-0.2, 0) is 27.8 Å². The number of nitrogens with one attached hydrogen (secondary N) is 2. The number of alkyl halides is 1. The first-order chi connectivity index (χ1) is 15.5. The van der Waals surface area contributed by atoms with Crippen molar-refractivity contribution in [1.29, 1.82) is 0 Å². The number of H-pyrrole nitrogens is 1. The van der Waals surface area contributed by atoms with Gasteiger partial charge in [-0.25, -0.2) is 17.5 Å². The zero-order valence-corrected chi connectivity index (χ0v) is 18.0. The second-order valence-electron chi connectivity index (χ2n) is 7.03. The van der Waals surface area contributed by atoms with Gasteiger partial charge in [0.05, 0.1) is 17.2 Å². The van der Waals surface area contributed by atoms with Gasteiger partial charge in [-0.15, -0.1) is 0 Å². The molecular formula is C22H21FN4O4S. The van der Waals surface area contributed by atoms with Crippen LogP contribution in [0.5, 0.6) is 0 Å². The lowest BCUT2D eigenvalue weighted by molar-refractivity contribution is 0.102. The molecule has 4 rings (SSSR count). The zero-order chi connectivity index (χ0) is 22.7. The predicted octanol–water partition coefficient (Wildman–Crippen LogP) is 3.57. The maximum absolute atomic E-state index is 13.8. The molecule has 166 valence electrons. The van der Waals surface area contributed by atoms with Crippen LogP contribution >= 0.6 is 0 Å². The summed E-state index contributed by atoms with van der Waals surface area (Å²) in [6, 6.07) is 16.6. The Morgan fingerprint density at radius 2 is 1.88 bits per heavy atom. The van der Waals surface area contributed by atoms with E-state index < -0.39 is 27.6 Å². The lowest BCUT2D eigenvalue weighted by Gasteiger charge is -2.10. The highest BCUT2D eigenvalue weighted by Gasteiger charge is 2.31. The third kappa shape index (κ3) is 4.02. The molecule has 0 atom stereocenters. The van der Waals surface area contributed by atoms with Crippen LogP contribution in [0.4, 0.5) is 10.1 Å². The summed E-state index contributed by atoms with van der Waals surface area (Å²) in [6.45, 7) is -0.965. The highest BCUT2D eigenvalue weighted by Crippen LogP contribution is 2.32. The molecule has 0 spiro atoms. The van der Waals surface area contributed by atoms with E-state index in [1.165, 1.54) is 19.2 Å². The zero-order valence-electron chi connectivity index (χ0n) is 17.2. The maximum atomic E-state index is 13.8. The van der Waals surface area contributed by atoms with E-state index >= 15 is 0 Å². The van der Waals surface area contributed by atoms with E-state index in [-0.39, 0.29) is 35.0 Å². The number of amides is 1. The highest BCUT2D eigenvalue weighted by atomic mass is 32.2. The number of anilines is 1. The number of nitrogens with zero attached hydrogens (tertiary/aromatic N) is 2. The minimum Gasteiger partial charge on any atom is -0.384 e. The van der Waals surface area contributed by atoms with Crippen molar-refractivity contribution >= 4 is 32.3 Å². The first kappa shape index (κ1) is 21.7. The number of ether oxygens (including phenoxy) is 1. The topological polar surface area (TPSA) is 106 Å². The van der Waals surface area contributed by atoms with Gasteiger partial charge in [-0.1, -0.05) is 36.4 Å². The van der Waals surface area contributed by atoms with Crippen molar-refractivity contribution in [2.24, 2.45) is 0 Å². The number of aromatic nitrogens is 3. The molecule has 2 aromatic carbocycles. The molecular weight excluding hydrogens is 435 g/mol. The average molecular weight is 456 g/mol. The molecule has 1 amide bonds. The van der Waals surface area contributed by atoms with Gasteiger partial charge >= 0.3 is 0 Å². The van der Waals surface area contributed by atoms with Gasteiger partial charge in [0.2, 0.25) is 9.84 Å². The van der Waals surface area contributed by atoms with Crippen molar-refractivity contribution in [3.8, 4) is 0 Å². The fourth-order valence-electron chi connectivity index (χ4n) is 3.43. The summed E-state index contributed by atoms with van der Waals surface area (Å²) in [5.41, 5.74) is 1.14. The van der Waals surface area contributed by atoms with E-state index in [0.717, 1.165) is 15.6 Å². The van der Waals surface area contributed by atoms with E-state index in [1.807, 2.05) is 24.3 Å². The quantitative estimate of drug-likeness (QED) is 0.422. The van der Waals surface area contributed by atoms with E-state index in [4.69, 9.17) is 4.74 Å². The molecule has 2 aromatic heterocycles. The molecule has 32 heavy (non-hydrogen) atoms. The molecule has 10 heteroatoms. The van der Waals surface area contributed by atoms with E-state index in [0.29, 0.717) is 0 Å². The van der Waals surface area contributed by atoms with Crippen molar-refractivity contribution in [2.45, 2.75) is 23.1 Å². The van der Waals surface area contributed by atoms with Gasteiger partial charge in [0.15, 0.2) is 11.8 Å². The summed E-state index contributed by atoms with van der Waals surface area (Å²) in [5, 5.41) is 7.16. The van der Waals surface area contributed by atoms with Crippen molar-refractivity contribution < 1.29 is 22.3 Å². The van der Waals surface area contributed by atoms with Gasteiger partial charge in [-0.3, -0.25) is 4.79 Å². The second-order valence-corrected chi connectivity index (χ2v) is 8.89. The third-order valence-corrected chi connectivity index (χ3v) is 6.77. The number of hydrogen-bond acceptors (Lipinski definition) is 5. The lowest BCUT2D eigenvalue weighted by atomic mass is 10.2. The molecule has 0 aliphatic rings. The fraction of sp³-hybridized carbons (Fsp3) is 0.182. The summed E-state index contributed by atoms with van der Waals surface area (Å²) >= 11 is 0. The van der Waals surface area contributed by atoms with Crippen LogP contribution in [0.15, 0.2) is 70.6 Å². The maximum Gasteiger partial charge on any atom is 0.272 e. The van der Waals surface area contributed by atoms with Gasteiger partial charge in [0.25, 0.3) is 5.91 Å². The normalized spacial score (nSPS) is 11.7. The molecule has 0 bridgehead atoms. The third-order valence-electron chi connectivity index (χ3n) is 4.96. The summed E-state index contributed by atoms with van der Waals surface area (Å²) in [4.78, 5) is 16.0. The molecule has 0 saturated carbocycles. The Kier molecular flexibility index (Phi) is 6.06. The number of methoxy groups -OCH3 is 1. The van der Waals surface area contributed by atoms with Crippen LogP contribution < -0.4 is 5.32 Å². The second kappa shape index (κ2) is 8.93. The average Bonchev–Trinajstić information content (AvgIpc) is 3.40. The van der Waals surface area contributed by atoms with Crippen LogP contribution in [0.2, 0.25) is 0 Å². The van der Waals surface area contributed by atoms with Crippen molar-refractivity contribution in [2.75, 3.05) is 19.0 Å². The highest BCUT2D eigenvalue weighted by molar-refractivity contribution is 7.91. The van der Waals surface area contributed by atoms with Gasteiger partial charge < -0.3 is 15.0 Å². The Bertz CT molecular complexity index is 1330. The van der Waals surface area contributed by atoms with E-state index in [1.54, 1.807) is 24.3 Å². The molecule has 0 aliphatic heterocycles. The first-order valence-corrected chi connectivity index (χ1v) is 11.3. The Labute approximate surface area is 183 Å². The lowest BCUT2D eigenvalue weighted by Crippen LogP contribution is -2.17. The van der Waals surface area contributed by atoms with Crippen LogP contribution in [0.25, 0.3) is 10.9 Å². The van der Waals surface area contributed by atoms with Gasteiger partial charge in [-0.2, -0.15) is 5.10 Å². The van der Waals surface area contributed by atoms with Crippen LogP contribution in [-0.4, -0.2) is 42.8 Å². The van der Waals surface area contributed by atoms with E-state index in [9.17, 15) is 17.6 Å². The standard InChI is InChI=1S/C22H21FN4O4S/c1-31-12-11-18-20(25-21(28)19-13-15-7-5-6-10-17(15)24-19)22(27(14-23)26-18)32(29,30)16-8-3-2-4-9-16/h2-10,13,24H,11-12,14H2,1H3,(H,25,28). The van der Waals surface area contributed by atoms with Crippen molar-refractivity contribution in [1.82, 2.24) is 14.8 Å². The largest absolute Gasteiger partial charge is 0.384 e. The SMILES string of the molecule is COCCc1nn(CF)c(S(=O)(=O)c2ccccc2)c1NC(=O)c1cc2ccccc2[nH]1. The number of carbonyl (C=O) groups is 1. The van der Waals surface area contributed by atoms with Crippen molar-refractivity contribution in [3.63, 3.8) is 0 Å². The number of rotatable bonds is 8. The summed E-state index contributed by atoms with van der Waals surface area (Å²) in [6.07, 6.45) is 0.184. The summed E-state index contributed by atoms with van der Waals surface area (Å²) in [7, 11) is -2.69. The number of halogens is 1. The predicted molar refractivity (Wildman–Crippen MR) is 117 cm³/mol. The molecule has 2 heterocycles. The Morgan fingerprint density at radius 3 is 2.56 bits per heavy atom. The van der Waals surface area contributed by atoms with Gasteiger partial charge in [0, 0.05) is 24.4 Å². The first-order valence-electron chi connectivity index (χ1n) is 9.79. The number of benzene rings is 2. The Morgan fingerprint density at radius 1 is 1.16 bits per heavy atom. The molecule has 0 aliphatic carbocycles. The molecule has 8 nitrogen and oxygen atoms in total. The smallest absolute Gasteiger partial charge is 0.272 e. The van der Waals surface area contributed by atoms with Crippen molar-refractivity contribution in [3.05, 3.63) is 72.1 Å². The Hall–Kier alpha value is -3.50. The molecule has 4 aromatic rings. The van der Waals surface area contributed by atoms with Crippen LogP contribution in [0.3, 0.4) is 0 Å².